The first kappa shape index (κ1) is 24.3. The van der Waals surface area contributed by atoms with E-state index >= 15 is 0 Å². The molecule has 6 nitrogen and oxygen atoms in total. The van der Waals surface area contributed by atoms with E-state index in [1.54, 1.807) is 31.0 Å². The van der Waals surface area contributed by atoms with Crippen molar-refractivity contribution in [3.8, 4) is 5.75 Å². The summed E-state index contributed by atoms with van der Waals surface area (Å²) in [6.45, 7) is 0.772. The summed E-state index contributed by atoms with van der Waals surface area (Å²) in [4.78, 5) is 16.1. The highest BCUT2D eigenvalue weighted by molar-refractivity contribution is 8.00. The number of nitrogens with one attached hydrogen (secondary N) is 1. The Kier molecular flexibility index (Phi) is 7.53. The smallest absolute Gasteiger partial charge is 0.237 e. The summed E-state index contributed by atoms with van der Waals surface area (Å²) in [5.74, 6) is 0.199. The van der Waals surface area contributed by atoms with Crippen LogP contribution in [0.2, 0.25) is 5.02 Å². The van der Waals surface area contributed by atoms with E-state index in [9.17, 15) is 17.6 Å². The number of rotatable bonds is 7. The molecule has 2 heterocycles. The topological polar surface area (TPSA) is 75.7 Å². The van der Waals surface area contributed by atoms with Crippen LogP contribution in [0.5, 0.6) is 5.75 Å². The Balaban J connectivity index is 1.50. The zero-order valence-corrected chi connectivity index (χ0v) is 20.6. The first-order valence-corrected chi connectivity index (χ1v) is 13.8. The van der Waals surface area contributed by atoms with Gasteiger partial charge in [0.1, 0.15) is 11.6 Å². The van der Waals surface area contributed by atoms with Gasteiger partial charge in [-0.05, 0) is 49.2 Å². The zero-order valence-electron chi connectivity index (χ0n) is 18.2. The highest BCUT2D eigenvalue weighted by atomic mass is 35.5. The molecule has 0 aromatic heterocycles. The molecular formula is C23H26ClFN2O4S2. The fourth-order valence-electron chi connectivity index (χ4n) is 4.33. The van der Waals surface area contributed by atoms with Crippen LogP contribution >= 0.6 is 23.4 Å². The lowest BCUT2D eigenvalue weighted by molar-refractivity contribution is -0.126. The maximum Gasteiger partial charge on any atom is 0.237 e. The van der Waals surface area contributed by atoms with Gasteiger partial charge in [-0.15, -0.1) is 11.8 Å². The Morgan fingerprint density at radius 3 is 2.67 bits per heavy atom. The SMILES string of the molecule is COc1ccc(S[C@@H]2C[C@@H](C(=O)N[C@H]3CCS(=O)(=O)C3)N(Cc3c(F)cccc3Cl)C2)cc1. The van der Waals surface area contributed by atoms with Crippen LogP contribution in [0.25, 0.3) is 0 Å². The van der Waals surface area contributed by atoms with E-state index in [0.29, 0.717) is 30.0 Å². The summed E-state index contributed by atoms with van der Waals surface area (Å²) in [5.41, 5.74) is 0.357. The second kappa shape index (κ2) is 10.2. The van der Waals surface area contributed by atoms with Gasteiger partial charge in [0.2, 0.25) is 5.91 Å². The molecule has 1 amide bonds. The molecule has 2 aliphatic rings. The Hall–Kier alpha value is -1.81. The van der Waals surface area contributed by atoms with Gasteiger partial charge in [0, 0.05) is 39.9 Å². The molecule has 1 N–H and O–H groups in total. The Morgan fingerprint density at radius 2 is 2.03 bits per heavy atom. The van der Waals surface area contributed by atoms with Crippen LogP contribution in [0.1, 0.15) is 18.4 Å². The van der Waals surface area contributed by atoms with Crippen molar-refractivity contribution in [2.45, 2.75) is 41.6 Å². The second-order valence-electron chi connectivity index (χ2n) is 8.41. The molecule has 0 radical (unpaired) electrons. The third kappa shape index (κ3) is 6.01. The predicted octanol–water partition coefficient (Wildman–Crippen LogP) is 3.53. The summed E-state index contributed by atoms with van der Waals surface area (Å²) in [6.07, 6.45) is 0.984. The number of amides is 1. The molecule has 0 aliphatic carbocycles. The highest BCUT2D eigenvalue weighted by Crippen LogP contribution is 2.35. The van der Waals surface area contributed by atoms with Gasteiger partial charge in [-0.1, -0.05) is 17.7 Å². The van der Waals surface area contributed by atoms with Gasteiger partial charge in [-0.25, -0.2) is 12.8 Å². The van der Waals surface area contributed by atoms with E-state index in [-0.39, 0.29) is 35.2 Å². The van der Waals surface area contributed by atoms with Gasteiger partial charge in [0.05, 0.1) is 24.7 Å². The van der Waals surface area contributed by atoms with E-state index in [4.69, 9.17) is 16.3 Å². The maximum absolute atomic E-state index is 14.5. The molecule has 4 rings (SSSR count). The number of carbonyl (C=O) groups excluding carboxylic acids is 1. The molecule has 2 saturated heterocycles. The monoisotopic (exact) mass is 512 g/mol. The molecule has 2 aliphatic heterocycles. The number of hydrogen-bond acceptors (Lipinski definition) is 6. The van der Waals surface area contributed by atoms with Crippen molar-refractivity contribution in [3.05, 3.63) is 58.9 Å². The molecule has 0 bridgehead atoms. The summed E-state index contributed by atoms with van der Waals surface area (Å²) in [6, 6.07) is 11.4. The number of likely N-dealkylation sites (tertiary alicyclic amines) is 1. The van der Waals surface area contributed by atoms with Gasteiger partial charge in [-0.2, -0.15) is 0 Å². The fraction of sp³-hybridized carbons (Fsp3) is 0.435. The Labute approximate surface area is 202 Å². The normalized spacial score (nSPS) is 24.6. The molecule has 178 valence electrons. The van der Waals surface area contributed by atoms with E-state index in [2.05, 4.69) is 5.32 Å². The van der Waals surface area contributed by atoms with Gasteiger partial charge < -0.3 is 10.1 Å². The zero-order chi connectivity index (χ0) is 23.6. The van der Waals surface area contributed by atoms with Crippen molar-refractivity contribution >= 4 is 39.1 Å². The predicted molar refractivity (Wildman–Crippen MR) is 128 cm³/mol. The van der Waals surface area contributed by atoms with Crippen molar-refractivity contribution in [2.75, 3.05) is 25.2 Å². The molecule has 2 fully saturated rings. The average Bonchev–Trinajstić information content (AvgIpc) is 3.33. The van der Waals surface area contributed by atoms with Gasteiger partial charge in [0.25, 0.3) is 0 Å². The Morgan fingerprint density at radius 1 is 1.27 bits per heavy atom. The molecule has 0 unspecified atom stereocenters. The number of nitrogens with zero attached hydrogens (tertiary/aromatic N) is 1. The van der Waals surface area contributed by atoms with Gasteiger partial charge in [0.15, 0.2) is 9.84 Å². The number of carbonyl (C=O) groups is 1. The number of ether oxygens (including phenoxy) is 1. The van der Waals surface area contributed by atoms with Crippen LogP contribution in [0, 0.1) is 5.82 Å². The lowest BCUT2D eigenvalue weighted by Crippen LogP contribution is -2.47. The first-order valence-electron chi connectivity index (χ1n) is 10.7. The molecule has 33 heavy (non-hydrogen) atoms. The van der Waals surface area contributed by atoms with Crippen molar-refractivity contribution < 1.29 is 22.3 Å². The van der Waals surface area contributed by atoms with Crippen molar-refractivity contribution in [2.24, 2.45) is 0 Å². The molecule has 2 aromatic carbocycles. The minimum absolute atomic E-state index is 0.0331. The minimum Gasteiger partial charge on any atom is -0.497 e. The van der Waals surface area contributed by atoms with Gasteiger partial charge in [-0.3, -0.25) is 9.69 Å². The summed E-state index contributed by atoms with van der Waals surface area (Å²) in [5, 5.41) is 3.33. The number of thioether (sulfide) groups is 1. The molecule has 10 heteroatoms. The van der Waals surface area contributed by atoms with Gasteiger partial charge >= 0.3 is 0 Å². The molecular weight excluding hydrogens is 487 g/mol. The first-order chi connectivity index (χ1) is 15.7. The number of hydrogen-bond donors (Lipinski definition) is 1. The lowest BCUT2D eigenvalue weighted by atomic mass is 10.1. The van der Waals surface area contributed by atoms with Crippen molar-refractivity contribution in [3.63, 3.8) is 0 Å². The van der Waals surface area contributed by atoms with E-state index in [1.807, 2.05) is 29.2 Å². The standard InChI is InChI=1S/C23H26ClFN2O4S2/c1-31-16-5-7-17(8-6-16)32-18-11-22(23(28)26-15-9-10-33(29,30)14-15)27(12-18)13-19-20(24)3-2-4-21(19)25/h2-8,15,18,22H,9-14H2,1H3,(H,26,28)/t15-,18+,22-/m0/s1. The van der Waals surface area contributed by atoms with Crippen molar-refractivity contribution in [1.82, 2.24) is 10.2 Å². The largest absolute Gasteiger partial charge is 0.497 e. The third-order valence-corrected chi connectivity index (χ3v) is 9.37. The fourth-order valence-corrected chi connectivity index (χ4v) is 7.45. The van der Waals surface area contributed by atoms with Crippen molar-refractivity contribution in [1.29, 1.82) is 0 Å². The molecule has 0 spiro atoms. The van der Waals surface area contributed by atoms with Crippen LogP contribution in [-0.4, -0.2) is 61.7 Å². The highest BCUT2D eigenvalue weighted by Gasteiger charge is 2.39. The molecule has 2 aromatic rings. The molecule has 0 saturated carbocycles. The maximum atomic E-state index is 14.5. The quantitative estimate of drug-likeness (QED) is 0.611. The van der Waals surface area contributed by atoms with E-state index in [0.717, 1.165) is 10.6 Å². The number of methoxy groups -OCH3 is 1. The van der Waals surface area contributed by atoms with E-state index in [1.165, 1.54) is 6.07 Å². The average molecular weight is 513 g/mol. The molecule has 3 atom stereocenters. The number of halogens is 2. The summed E-state index contributed by atoms with van der Waals surface area (Å²) < 4.78 is 43.3. The Bertz CT molecular complexity index is 1090. The van der Waals surface area contributed by atoms with Crippen LogP contribution in [0.3, 0.4) is 0 Å². The second-order valence-corrected chi connectivity index (χ2v) is 12.4. The van der Waals surface area contributed by atoms with Crippen LogP contribution in [0.4, 0.5) is 4.39 Å². The minimum atomic E-state index is -3.10. The number of sulfone groups is 1. The van der Waals surface area contributed by atoms with Crippen LogP contribution in [-0.2, 0) is 21.2 Å². The number of benzene rings is 2. The van der Waals surface area contributed by atoms with Crippen LogP contribution in [0.15, 0.2) is 47.4 Å². The lowest BCUT2D eigenvalue weighted by Gasteiger charge is -2.25. The van der Waals surface area contributed by atoms with E-state index < -0.39 is 21.7 Å². The van der Waals surface area contributed by atoms with Crippen LogP contribution < -0.4 is 10.1 Å². The third-order valence-electron chi connectivity index (χ3n) is 6.03. The summed E-state index contributed by atoms with van der Waals surface area (Å²) >= 11 is 7.90. The summed E-state index contributed by atoms with van der Waals surface area (Å²) in [7, 11) is -1.49.